The summed E-state index contributed by atoms with van der Waals surface area (Å²) in [7, 11) is 0. The molecule has 1 aromatic carbocycles. The van der Waals surface area contributed by atoms with Crippen LogP contribution in [0.5, 0.6) is 0 Å². The fourth-order valence-electron chi connectivity index (χ4n) is 2.74. The summed E-state index contributed by atoms with van der Waals surface area (Å²) < 4.78 is 0. The van der Waals surface area contributed by atoms with Gasteiger partial charge in [-0.05, 0) is 32.3 Å². The third kappa shape index (κ3) is 3.20. The zero-order chi connectivity index (χ0) is 17.3. The highest BCUT2D eigenvalue weighted by atomic mass is 16.2. The molecule has 2 aliphatic rings. The van der Waals surface area contributed by atoms with Crippen LogP contribution in [-0.2, 0) is 15.0 Å². The van der Waals surface area contributed by atoms with Gasteiger partial charge >= 0.3 is 6.03 Å². The van der Waals surface area contributed by atoms with E-state index in [1.54, 1.807) is 18.7 Å². The van der Waals surface area contributed by atoms with Crippen molar-refractivity contribution in [1.82, 2.24) is 20.7 Å². The lowest BCUT2D eigenvalue weighted by atomic mass is 9.84. The molecule has 2 fully saturated rings. The van der Waals surface area contributed by atoms with Crippen LogP contribution in [0.2, 0.25) is 0 Å². The summed E-state index contributed by atoms with van der Waals surface area (Å²) in [6.45, 7) is 3.92. The van der Waals surface area contributed by atoms with Crippen molar-refractivity contribution in [3.05, 3.63) is 35.9 Å². The Hall–Kier alpha value is -2.57. The molecule has 1 saturated heterocycles. The van der Waals surface area contributed by atoms with E-state index in [-0.39, 0.29) is 31.1 Å². The highest BCUT2D eigenvalue weighted by molar-refractivity contribution is 5.91. The van der Waals surface area contributed by atoms with Crippen LogP contribution in [0.25, 0.3) is 0 Å². The molecular weight excluding hydrogens is 308 g/mol. The first kappa shape index (κ1) is 16.3. The van der Waals surface area contributed by atoms with E-state index in [0.717, 1.165) is 18.4 Å². The Balaban J connectivity index is 1.54. The predicted octanol–water partition coefficient (Wildman–Crippen LogP) is 0.969. The predicted molar refractivity (Wildman–Crippen MR) is 87.6 cm³/mol. The Morgan fingerprint density at radius 3 is 2.42 bits per heavy atom. The fraction of sp³-hybridized carbons (Fsp3) is 0.471. The molecule has 128 valence electrons. The molecule has 0 spiro atoms. The van der Waals surface area contributed by atoms with Crippen LogP contribution in [0.15, 0.2) is 30.3 Å². The van der Waals surface area contributed by atoms with Crippen LogP contribution in [0.3, 0.4) is 0 Å². The molecule has 0 atom stereocenters. The number of carbonyl (C=O) groups excluding carboxylic acids is 3. The van der Waals surface area contributed by atoms with Crippen molar-refractivity contribution in [3.63, 3.8) is 0 Å². The molecule has 2 N–H and O–H groups in total. The Morgan fingerprint density at radius 2 is 1.79 bits per heavy atom. The SMILES string of the molecule is CC(C)(C(=O)NNC(=O)N1CC(=O)N(C2CC2)C1)c1ccccc1. The van der Waals surface area contributed by atoms with Gasteiger partial charge in [-0.25, -0.2) is 10.2 Å². The zero-order valence-corrected chi connectivity index (χ0v) is 13.9. The number of urea groups is 1. The number of carbonyl (C=O) groups is 3. The molecule has 1 aliphatic heterocycles. The molecule has 1 heterocycles. The smallest absolute Gasteiger partial charge is 0.320 e. The number of nitrogens with zero attached hydrogens (tertiary/aromatic N) is 2. The fourth-order valence-corrected chi connectivity index (χ4v) is 2.74. The molecule has 7 heteroatoms. The average molecular weight is 330 g/mol. The van der Waals surface area contributed by atoms with Crippen molar-refractivity contribution in [1.29, 1.82) is 0 Å². The van der Waals surface area contributed by atoms with Gasteiger partial charge in [0.1, 0.15) is 6.54 Å². The van der Waals surface area contributed by atoms with E-state index < -0.39 is 11.4 Å². The van der Waals surface area contributed by atoms with Gasteiger partial charge in [0.2, 0.25) is 11.8 Å². The lowest BCUT2D eigenvalue weighted by Gasteiger charge is -2.25. The summed E-state index contributed by atoms with van der Waals surface area (Å²) in [6, 6.07) is 9.17. The van der Waals surface area contributed by atoms with Gasteiger partial charge in [0.05, 0.1) is 12.1 Å². The van der Waals surface area contributed by atoms with E-state index in [1.165, 1.54) is 4.90 Å². The van der Waals surface area contributed by atoms with Crippen LogP contribution in [-0.4, -0.2) is 46.9 Å². The summed E-state index contributed by atoms with van der Waals surface area (Å²) in [5.74, 6) is -0.352. The van der Waals surface area contributed by atoms with Crippen LogP contribution < -0.4 is 10.9 Å². The number of hydrogen-bond acceptors (Lipinski definition) is 3. The number of hydrogen-bond donors (Lipinski definition) is 2. The van der Waals surface area contributed by atoms with Gasteiger partial charge in [-0.3, -0.25) is 19.9 Å². The second-order valence-electron chi connectivity index (χ2n) is 6.81. The molecule has 0 unspecified atom stereocenters. The van der Waals surface area contributed by atoms with Crippen molar-refractivity contribution in [2.24, 2.45) is 0 Å². The van der Waals surface area contributed by atoms with E-state index in [1.807, 2.05) is 30.3 Å². The van der Waals surface area contributed by atoms with Gasteiger partial charge in [-0.2, -0.15) is 0 Å². The van der Waals surface area contributed by atoms with Crippen molar-refractivity contribution in [2.45, 2.75) is 38.1 Å². The highest BCUT2D eigenvalue weighted by Crippen LogP contribution is 2.29. The molecule has 1 saturated carbocycles. The minimum absolute atomic E-state index is 0.0383. The Labute approximate surface area is 141 Å². The average Bonchev–Trinajstić information content (AvgIpc) is 3.35. The summed E-state index contributed by atoms with van der Waals surface area (Å²) in [6.07, 6.45) is 2.01. The second kappa shape index (κ2) is 6.14. The lowest BCUT2D eigenvalue weighted by molar-refractivity contribution is -0.127. The third-order valence-electron chi connectivity index (χ3n) is 4.59. The molecule has 3 rings (SSSR count). The van der Waals surface area contributed by atoms with Crippen molar-refractivity contribution < 1.29 is 14.4 Å². The molecule has 1 aliphatic carbocycles. The topological polar surface area (TPSA) is 81.8 Å². The number of benzene rings is 1. The minimum Gasteiger partial charge on any atom is -0.320 e. The summed E-state index contributed by atoms with van der Waals surface area (Å²) >= 11 is 0. The summed E-state index contributed by atoms with van der Waals surface area (Å²) in [4.78, 5) is 39.6. The molecule has 24 heavy (non-hydrogen) atoms. The quantitative estimate of drug-likeness (QED) is 0.810. The van der Waals surface area contributed by atoms with E-state index in [4.69, 9.17) is 0 Å². The van der Waals surface area contributed by atoms with E-state index in [2.05, 4.69) is 10.9 Å². The highest BCUT2D eigenvalue weighted by Gasteiger charge is 2.40. The first-order valence-corrected chi connectivity index (χ1v) is 8.10. The van der Waals surface area contributed by atoms with Gasteiger partial charge < -0.3 is 4.90 Å². The van der Waals surface area contributed by atoms with Gasteiger partial charge in [-0.15, -0.1) is 0 Å². The van der Waals surface area contributed by atoms with Crippen molar-refractivity contribution in [2.75, 3.05) is 13.2 Å². The summed E-state index contributed by atoms with van der Waals surface area (Å²) in [5.41, 5.74) is 4.94. The molecule has 7 nitrogen and oxygen atoms in total. The zero-order valence-electron chi connectivity index (χ0n) is 13.9. The van der Waals surface area contributed by atoms with E-state index in [9.17, 15) is 14.4 Å². The maximum absolute atomic E-state index is 12.4. The van der Waals surface area contributed by atoms with Crippen molar-refractivity contribution in [3.8, 4) is 0 Å². The van der Waals surface area contributed by atoms with Gasteiger partial charge in [-0.1, -0.05) is 30.3 Å². The molecule has 0 bridgehead atoms. The molecule has 4 amide bonds. The maximum Gasteiger partial charge on any atom is 0.337 e. The van der Waals surface area contributed by atoms with Gasteiger partial charge in [0.25, 0.3) is 0 Å². The first-order valence-electron chi connectivity index (χ1n) is 8.10. The number of amides is 4. The van der Waals surface area contributed by atoms with Crippen LogP contribution in [0.4, 0.5) is 4.79 Å². The Kier molecular flexibility index (Phi) is 4.17. The maximum atomic E-state index is 12.4. The monoisotopic (exact) mass is 330 g/mol. The van der Waals surface area contributed by atoms with Gasteiger partial charge in [0, 0.05) is 6.04 Å². The normalized spacial score (nSPS) is 17.8. The number of rotatable bonds is 3. The van der Waals surface area contributed by atoms with Crippen molar-refractivity contribution >= 4 is 17.8 Å². The molecule has 1 aromatic rings. The van der Waals surface area contributed by atoms with Crippen LogP contribution in [0.1, 0.15) is 32.3 Å². The third-order valence-corrected chi connectivity index (χ3v) is 4.59. The molecular formula is C17H22N4O3. The molecule has 0 radical (unpaired) electrons. The summed E-state index contributed by atoms with van der Waals surface area (Å²) in [5, 5.41) is 0. The minimum atomic E-state index is -0.782. The first-order chi connectivity index (χ1) is 11.4. The van der Waals surface area contributed by atoms with Crippen LogP contribution in [0, 0.1) is 0 Å². The lowest BCUT2D eigenvalue weighted by Crippen LogP contribution is -2.53. The largest absolute Gasteiger partial charge is 0.337 e. The molecule has 0 aromatic heterocycles. The second-order valence-corrected chi connectivity index (χ2v) is 6.81. The Bertz CT molecular complexity index is 655. The van der Waals surface area contributed by atoms with Gasteiger partial charge in [0.15, 0.2) is 0 Å². The Morgan fingerprint density at radius 1 is 1.12 bits per heavy atom. The van der Waals surface area contributed by atoms with Crippen LogP contribution >= 0.6 is 0 Å². The number of nitrogens with one attached hydrogen (secondary N) is 2. The van der Waals surface area contributed by atoms with E-state index >= 15 is 0 Å². The van der Waals surface area contributed by atoms with E-state index in [0.29, 0.717) is 0 Å². The standard InChI is InChI=1S/C17H22N4O3/c1-17(2,12-6-4-3-5-7-12)15(23)18-19-16(24)20-10-14(22)21(11-20)13-8-9-13/h3-7,13H,8-11H2,1-2H3,(H,18,23)(H,19,24). The number of hydrazine groups is 1.